The minimum Gasteiger partial charge on any atom is -0.455 e. The van der Waals surface area contributed by atoms with Gasteiger partial charge < -0.3 is 15.0 Å². The maximum atomic E-state index is 13.1. The zero-order chi connectivity index (χ0) is 23.6. The summed E-state index contributed by atoms with van der Waals surface area (Å²) in [5.41, 5.74) is 0.476. The van der Waals surface area contributed by atoms with E-state index in [-0.39, 0.29) is 5.65 Å². The highest BCUT2D eigenvalue weighted by Gasteiger charge is 2.38. The molecular formula is C20H18ClF3N6O3. The highest BCUT2D eigenvalue weighted by atomic mass is 35.5. The van der Waals surface area contributed by atoms with Crippen molar-refractivity contribution in [3.63, 3.8) is 0 Å². The molecule has 1 aliphatic heterocycles. The van der Waals surface area contributed by atoms with Crippen molar-refractivity contribution in [1.29, 1.82) is 0 Å². The van der Waals surface area contributed by atoms with Gasteiger partial charge in [-0.05, 0) is 43.2 Å². The number of nitrogens with one attached hydrogen (secondary N) is 1. The number of fused-ring (bicyclic) bond motifs is 1. The Morgan fingerprint density at radius 1 is 1.15 bits per heavy atom. The molecule has 3 aromatic rings. The predicted octanol–water partition coefficient (Wildman–Crippen LogP) is 3.19. The summed E-state index contributed by atoms with van der Waals surface area (Å²) in [6, 6.07) is 9.53. The molecule has 0 aliphatic carbocycles. The van der Waals surface area contributed by atoms with Crippen molar-refractivity contribution in [1.82, 2.24) is 19.8 Å². The summed E-state index contributed by atoms with van der Waals surface area (Å²) in [4.78, 5) is 26.1. The van der Waals surface area contributed by atoms with E-state index in [1.165, 1.54) is 6.07 Å². The maximum Gasteiger partial charge on any atom is 0.453 e. The number of aromatic nitrogens is 4. The summed E-state index contributed by atoms with van der Waals surface area (Å²) >= 11 is 5.86. The van der Waals surface area contributed by atoms with Gasteiger partial charge in [0.15, 0.2) is 12.3 Å². The third kappa shape index (κ3) is 5.33. The average molecular weight is 483 g/mol. The van der Waals surface area contributed by atoms with Gasteiger partial charge >= 0.3 is 12.1 Å². The molecule has 13 heteroatoms. The molecular weight excluding hydrogens is 465 g/mol. The van der Waals surface area contributed by atoms with Crippen LogP contribution in [0.5, 0.6) is 0 Å². The third-order valence-electron chi connectivity index (χ3n) is 5.11. The van der Waals surface area contributed by atoms with Gasteiger partial charge in [-0.15, -0.1) is 15.3 Å². The lowest BCUT2D eigenvalue weighted by atomic mass is 9.97. The zero-order valence-corrected chi connectivity index (χ0v) is 17.8. The first-order valence-electron chi connectivity index (χ1n) is 9.97. The van der Waals surface area contributed by atoms with Gasteiger partial charge in [0.1, 0.15) is 5.82 Å². The van der Waals surface area contributed by atoms with Crippen LogP contribution in [-0.2, 0) is 20.5 Å². The van der Waals surface area contributed by atoms with Crippen LogP contribution in [0.15, 0.2) is 36.4 Å². The fraction of sp³-hybridized carbons (Fsp3) is 0.350. The second-order valence-corrected chi connectivity index (χ2v) is 7.85. The first kappa shape index (κ1) is 22.8. The molecule has 33 heavy (non-hydrogen) atoms. The largest absolute Gasteiger partial charge is 0.455 e. The van der Waals surface area contributed by atoms with E-state index < -0.39 is 36.4 Å². The van der Waals surface area contributed by atoms with Gasteiger partial charge in [-0.2, -0.15) is 17.7 Å². The zero-order valence-electron chi connectivity index (χ0n) is 17.0. The molecule has 0 unspecified atom stereocenters. The average Bonchev–Trinajstić information content (AvgIpc) is 3.21. The van der Waals surface area contributed by atoms with Crippen molar-refractivity contribution < 1.29 is 27.5 Å². The maximum absolute atomic E-state index is 13.1. The molecule has 1 saturated heterocycles. The topological polar surface area (TPSA) is 102 Å². The van der Waals surface area contributed by atoms with Crippen molar-refractivity contribution in [3.05, 3.63) is 47.2 Å². The standard InChI is InChI=1S/C20H18ClF3N6O3/c21-13-2-1-3-14(10-13)25-17(31)11-33-18(32)12-6-8-29(9-7-12)16-5-4-15-26-27-19(20(22,23)24)30(15)28-16/h1-5,10,12H,6-9,11H2,(H,25,31). The van der Waals surface area contributed by atoms with Crippen LogP contribution < -0.4 is 10.2 Å². The number of benzene rings is 1. The molecule has 2 aromatic heterocycles. The third-order valence-corrected chi connectivity index (χ3v) is 5.34. The Balaban J connectivity index is 1.30. The second-order valence-electron chi connectivity index (χ2n) is 7.41. The number of anilines is 2. The van der Waals surface area contributed by atoms with Crippen molar-refractivity contribution in [2.24, 2.45) is 5.92 Å². The lowest BCUT2D eigenvalue weighted by Crippen LogP contribution is -2.38. The minimum atomic E-state index is -4.68. The molecule has 4 rings (SSSR count). The highest BCUT2D eigenvalue weighted by molar-refractivity contribution is 6.30. The summed E-state index contributed by atoms with van der Waals surface area (Å²) in [7, 11) is 0. The number of nitrogens with zero attached hydrogens (tertiary/aromatic N) is 5. The van der Waals surface area contributed by atoms with Crippen molar-refractivity contribution in [2.75, 3.05) is 29.9 Å². The van der Waals surface area contributed by atoms with Gasteiger partial charge in [0.05, 0.1) is 5.92 Å². The summed E-state index contributed by atoms with van der Waals surface area (Å²) in [5.74, 6) is -2.30. The van der Waals surface area contributed by atoms with E-state index in [1.807, 2.05) is 0 Å². The Labute approximate surface area is 190 Å². The number of amides is 1. The lowest BCUT2D eigenvalue weighted by molar-refractivity contribution is -0.152. The first-order valence-corrected chi connectivity index (χ1v) is 10.3. The Bertz CT molecular complexity index is 1180. The van der Waals surface area contributed by atoms with E-state index in [0.29, 0.717) is 47.0 Å². The molecule has 9 nitrogen and oxygen atoms in total. The fourth-order valence-electron chi connectivity index (χ4n) is 3.49. The Kier molecular flexibility index (Phi) is 6.36. The van der Waals surface area contributed by atoms with Crippen LogP contribution in [0.2, 0.25) is 5.02 Å². The molecule has 174 valence electrons. The van der Waals surface area contributed by atoms with Crippen LogP contribution in [0.1, 0.15) is 18.7 Å². The van der Waals surface area contributed by atoms with Gasteiger partial charge in [0, 0.05) is 23.8 Å². The number of rotatable bonds is 5. The van der Waals surface area contributed by atoms with Crippen LogP contribution in [0.25, 0.3) is 5.65 Å². The summed E-state index contributed by atoms with van der Waals surface area (Å²) < 4.78 is 45.0. The predicted molar refractivity (Wildman–Crippen MR) is 112 cm³/mol. The summed E-state index contributed by atoms with van der Waals surface area (Å²) in [6.45, 7) is 0.338. The van der Waals surface area contributed by atoms with Crippen molar-refractivity contribution in [3.8, 4) is 0 Å². The van der Waals surface area contributed by atoms with Crippen molar-refractivity contribution in [2.45, 2.75) is 19.0 Å². The van der Waals surface area contributed by atoms with Crippen LogP contribution >= 0.6 is 11.6 Å². The smallest absolute Gasteiger partial charge is 0.453 e. The monoisotopic (exact) mass is 482 g/mol. The number of alkyl halides is 3. The molecule has 1 N–H and O–H groups in total. The molecule has 1 fully saturated rings. The van der Waals surface area contributed by atoms with Gasteiger partial charge in [0.2, 0.25) is 0 Å². The molecule has 3 heterocycles. The molecule has 1 amide bonds. The van der Waals surface area contributed by atoms with Gasteiger partial charge in [-0.3, -0.25) is 9.59 Å². The van der Waals surface area contributed by atoms with E-state index in [2.05, 4.69) is 20.6 Å². The summed E-state index contributed by atoms with van der Waals surface area (Å²) in [5, 5.41) is 13.7. The van der Waals surface area contributed by atoms with E-state index >= 15 is 0 Å². The van der Waals surface area contributed by atoms with Gasteiger partial charge in [-0.1, -0.05) is 17.7 Å². The van der Waals surface area contributed by atoms with Crippen LogP contribution in [0.4, 0.5) is 24.7 Å². The van der Waals surface area contributed by atoms with Crippen LogP contribution in [0.3, 0.4) is 0 Å². The number of halogens is 4. The molecule has 0 atom stereocenters. The highest BCUT2D eigenvalue weighted by Crippen LogP contribution is 2.29. The first-order chi connectivity index (χ1) is 15.7. The Morgan fingerprint density at radius 3 is 2.61 bits per heavy atom. The molecule has 0 spiro atoms. The van der Waals surface area contributed by atoms with Crippen LogP contribution in [-0.4, -0.2) is 51.4 Å². The SMILES string of the molecule is O=C(COC(=O)C1CCN(c2ccc3nnc(C(F)(F)F)n3n2)CC1)Nc1cccc(Cl)c1. The Hall–Kier alpha value is -3.41. The van der Waals surface area contributed by atoms with Crippen molar-refractivity contribution >= 4 is 40.6 Å². The number of ether oxygens (including phenoxy) is 1. The number of carbonyl (C=O) groups excluding carboxylic acids is 2. The Morgan fingerprint density at radius 2 is 1.91 bits per heavy atom. The fourth-order valence-corrected chi connectivity index (χ4v) is 3.68. The van der Waals surface area contributed by atoms with E-state index in [4.69, 9.17) is 16.3 Å². The van der Waals surface area contributed by atoms with Gasteiger partial charge in [0.25, 0.3) is 11.7 Å². The molecule has 1 aliphatic rings. The number of esters is 1. The quantitative estimate of drug-likeness (QED) is 0.557. The molecule has 0 bridgehead atoms. The molecule has 0 saturated carbocycles. The second kappa shape index (κ2) is 9.22. The van der Waals surface area contributed by atoms with E-state index in [9.17, 15) is 22.8 Å². The number of hydrogen-bond acceptors (Lipinski definition) is 7. The van der Waals surface area contributed by atoms with Crippen LogP contribution in [0, 0.1) is 5.92 Å². The van der Waals surface area contributed by atoms with Gasteiger partial charge in [-0.25, -0.2) is 0 Å². The number of carbonyl (C=O) groups is 2. The number of hydrogen-bond donors (Lipinski definition) is 1. The lowest BCUT2D eigenvalue weighted by Gasteiger charge is -2.31. The summed E-state index contributed by atoms with van der Waals surface area (Å²) in [6.07, 6.45) is -3.87. The molecule has 1 aromatic carbocycles. The number of piperidine rings is 1. The van der Waals surface area contributed by atoms with E-state index in [0.717, 1.165) is 0 Å². The normalized spacial score (nSPS) is 15.0. The molecule has 0 radical (unpaired) electrons. The minimum absolute atomic E-state index is 0.0133. The van der Waals surface area contributed by atoms with E-state index in [1.54, 1.807) is 35.2 Å².